The summed E-state index contributed by atoms with van der Waals surface area (Å²) in [6.45, 7) is 4.66. The molecule has 0 saturated carbocycles. The molecule has 0 saturated heterocycles. The summed E-state index contributed by atoms with van der Waals surface area (Å²) in [5, 5.41) is 10.5. The second-order valence-electron chi connectivity index (χ2n) is 4.24. The van der Waals surface area contributed by atoms with Crippen LogP contribution in [0.15, 0.2) is 12.3 Å². The Morgan fingerprint density at radius 3 is 2.67 bits per heavy atom. The van der Waals surface area contributed by atoms with Crippen molar-refractivity contribution in [2.45, 2.75) is 20.4 Å². The van der Waals surface area contributed by atoms with E-state index in [4.69, 9.17) is 0 Å². The predicted molar refractivity (Wildman–Crippen MR) is 71.6 cm³/mol. The van der Waals surface area contributed by atoms with Gasteiger partial charge in [0.2, 0.25) is 5.95 Å². The number of aryl methyl sites for hydroxylation is 3. The summed E-state index contributed by atoms with van der Waals surface area (Å²) in [7, 11) is 3.73. The lowest BCUT2D eigenvalue weighted by Gasteiger charge is -2.07. The Balaban J connectivity index is 2.10. The van der Waals surface area contributed by atoms with Crippen LogP contribution >= 0.6 is 0 Å². The molecule has 2 N–H and O–H groups in total. The minimum atomic E-state index is 0.625. The molecule has 0 fully saturated rings. The molecule has 0 aromatic carbocycles. The molecule has 0 amide bonds. The zero-order valence-corrected chi connectivity index (χ0v) is 11.2. The van der Waals surface area contributed by atoms with Crippen LogP contribution in [0.1, 0.15) is 17.0 Å². The Hall–Kier alpha value is -2.11. The highest BCUT2D eigenvalue weighted by atomic mass is 15.3. The molecule has 2 rings (SSSR count). The number of hydrogen-bond donors (Lipinski definition) is 2. The lowest BCUT2D eigenvalue weighted by molar-refractivity contribution is 0.756. The summed E-state index contributed by atoms with van der Waals surface area (Å²) in [5.41, 5.74) is 3.13. The van der Waals surface area contributed by atoms with E-state index >= 15 is 0 Å². The average Bonchev–Trinajstić information content (AvgIpc) is 2.64. The Morgan fingerprint density at radius 2 is 2.06 bits per heavy atom. The molecule has 0 atom stereocenters. The van der Waals surface area contributed by atoms with Gasteiger partial charge in [-0.2, -0.15) is 10.1 Å². The van der Waals surface area contributed by atoms with Crippen molar-refractivity contribution in [1.82, 2.24) is 19.7 Å². The van der Waals surface area contributed by atoms with Gasteiger partial charge in [0.1, 0.15) is 5.82 Å². The second kappa shape index (κ2) is 5.03. The van der Waals surface area contributed by atoms with E-state index in [1.807, 2.05) is 44.9 Å². The van der Waals surface area contributed by atoms with E-state index in [2.05, 4.69) is 25.7 Å². The quantitative estimate of drug-likeness (QED) is 0.855. The monoisotopic (exact) mass is 246 g/mol. The topological polar surface area (TPSA) is 67.7 Å². The second-order valence-corrected chi connectivity index (χ2v) is 4.24. The smallest absolute Gasteiger partial charge is 0.224 e. The van der Waals surface area contributed by atoms with Gasteiger partial charge >= 0.3 is 0 Å². The minimum Gasteiger partial charge on any atom is -0.366 e. The molecule has 18 heavy (non-hydrogen) atoms. The van der Waals surface area contributed by atoms with Gasteiger partial charge in [0.25, 0.3) is 0 Å². The summed E-state index contributed by atoms with van der Waals surface area (Å²) in [5.74, 6) is 1.44. The van der Waals surface area contributed by atoms with Crippen molar-refractivity contribution in [3.05, 3.63) is 29.2 Å². The number of nitrogens with one attached hydrogen (secondary N) is 2. The summed E-state index contributed by atoms with van der Waals surface area (Å²) in [6, 6.07) is 1.92. The zero-order valence-electron chi connectivity index (χ0n) is 11.2. The van der Waals surface area contributed by atoms with Crippen molar-refractivity contribution >= 4 is 11.8 Å². The van der Waals surface area contributed by atoms with Crippen LogP contribution < -0.4 is 10.6 Å². The summed E-state index contributed by atoms with van der Waals surface area (Å²) < 4.78 is 1.82. The third kappa shape index (κ3) is 2.77. The normalized spacial score (nSPS) is 10.4. The fraction of sp³-hybridized carbons (Fsp3) is 0.417. The van der Waals surface area contributed by atoms with Gasteiger partial charge in [-0.05, 0) is 13.8 Å². The predicted octanol–water partition coefficient (Wildman–Crippen LogP) is 1.48. The van der Waals surface area contributed by atoms with Crippen molar-refractivity contribution in [2.75, 3.05) is 17.7 Å². The van der Waals surface area contributed by atoms with Crippen molar-refractivity contribution in [3.8, 4) is 0 Å². The van der Waals surface area contributed by atoms with Gasteiger partial charge in [-0.1, -0.05) is 0 Å². The fourth-order valence-corrected chi connectivity index (χ4v) is 1.78. The molecule has 2 aromatic rings. The number of aromatic nitrogens is 4. The third-order valence-electron chi connectivity index (χ3n) is 2.65. The molecule has 0 aliphatic carbocycles. The molecule has 0 aliphatic rings. The van der Waals surface area contributed by atoms with E-state index in [1.54, 1.807) is 0 Å². The summed E-state index contributed by atoms with van der Waals surface area (Å²) in [4.78, 5) is 8.59. The van der Waals surface area contributed by atoms with Crippen molar-refractivity contribution < 1.29 is 0 Å². The van der Waals surface area contributed by atoms with E-state index in [0.717, 1.165) is 17.2 Å². The first-order valence-corrected chi connectivity index (χ1v) is 5.85. The molecule has 0 aliphatic heterocycles. The van der Waals surface area contributed by atoms with Gasteiger partial charge in [0, 0.05) is 44.2 Å². The van der Waals surface area contributed by atoms with Gasteiger partial charge < -0.3 is 10.6 Å². The van der Waals surface area contributed by atoms with Gasteiger partial charge in [-0.25, -0.2) is 4.98 Å². The third-order valence-corrected chi connectivity index (χ3v) is 2.65. The highest BCUT2D eigenvalue weighted by molar-refractivity contribution is 5.42. The van der Waals surface area contributed by atoms with Crippen LogP contribution in [0.3, 0.4) is 0 Å². The molecular weight excluding hydrogens is 228 g/mol. The largest absolute Gasteiger partial charge is 0.366 e. The van der Waals surface area contributed by atoms with Gasteiger partial charge in [0.05, 0.1) is 5.69 Å². The number of rotatable bonds is 4. The first-order chi connectivity index (χ1) is 8.58. The maximum absolute atomic E-state index is 4.34. The van der Waals surface area contributed by atoms with E-state index in [9.17, 15) is 0 Å². The molecule has 2 heterocycles. The Kier molecular flexibility index (Phi) is 3.45. The maximum Gasteiger partial charge on any atom is 0.224 e. The number of hydrogen-bond acceptors (Lipinski definition) is 5. The van der Waals surface area contributed by atoms with Crippen LogP contribution in [-0.4, -0.2) is 26.8 Å². The summed E-state index contributed by atoms with van der Waals surface area (Å²) >= 11 is 0. The lowest BCUT2D eigenvalue weighted by atomic mass is 10.2. The highest BCUT2D eigenvalue weighted by Crippen LogP contribution is 2.12. The molecule has 6 heteroatoms. The van der Waals surface area contributed by atoms with Crippen LogP contribution in [-0.2, 0) is 13.6 Å². The van der Waals surface area contributed by atoms with Crippen molar-refractivity contribution in [2.24, 2.45) is 7.05 Å². The minimum absolute atomic E-state index is 0.625. The van der Waals surface area contributed by atoms with Gasteiger partial charge in [0.15, 0.2) is 0 Å². The number of nitrogens with zero attached hydrogens (tertiary/aromatic N) is 4. The lowest BCUT2D eigenvalue weighted by Crippen LogP contribution is -2.05. The SMILES string of the molecule is CNc1nc(C)cc(NCc2cn(C)nc2C)n1. The van der Waals surface area contributed by atoms with Crippen molar-refractivity contribution in [3.63, 3.8) is 0 Å². The fourth-order valence-electron chi connectivity index (χ4n) is 1.78. The van der Waals surface area contributed by atoms with E-state index in [0.29, 0.717) is 12.5 Å². The molecule has 0 bridgehead atoms. The highest BCUT2D eigenvalue weighted by Gasteiger charge is 2.04. The molecule has 0 radical (unpaired) electrons. The Morgan fingerprint density at radius 1 is 1.28 bits per heavy atom. The molecular formula is C12H18N6. The van der Waals surface area contributed by atoms with Crippen LogP contribution in [0.2, 0.25) is 0 Å². The van der Waals surface area contributed by atoms with Crippen LogP contribution in [0.5, 0.6) is 0 Å². The van der Waals surface area contributed by atoms with Gasteiger partial charge in [-0.15, -0.1) is 0 Å². The molecule has 6 nitrogen and oxygen atoms in total. The standard InChI is InChI=1S/C12H18N6/c1-8-5-11(16-12(13-3)15-8)14-6-10-7-18(4)17-9(10)2/h5,7H,6H2,1-4H3,(H2,13,14,15,16). The Labute approximate surface area is 106 Å². The first kappa shape index (κ1) is 12.3. The molecule has 96 valence electrons. The van der Waals surface area contributed by atoms with Gasteiger partial charge in [-0.3, -0.25) is 4.68 Å². The van der Waals surface area contributed by atoms with Crippen molar-refractivity contribution in [1.29, 1.82) is 0 Å². The molecule has 0 unspecified atom stereocenters. The average molecular weight is 246 g/mol. The number of anilines is 2. The molecule has 2 aromatic heterocycles. The van der Waals surface area contributed by atoms with E-state index in [-0.39, 0.29) is 0 Å². The van der Waals surface area contributed by atoms with Crippen LogP contribution in [0.25, 0.3) is 0 Å². The van der Waals surface area contributed by atoms with Crippen LogP contribution in [0.4, 0.5) is 11.8 Å². The van der Waals surface area contributed by atoms with E-state index in [1.165, 1.54) is 5.56 Å². The summed E-state index contributed by atoms with van der Waals surface area (Å²) in [6.07, 6.45) is 2.01. The zero-order chi connectivity index (χ0) is 13.1. The van der Waals surface area contributed by atoms with Crippen LogP contribution in [0, 0.1) is 13.8 Å². The van der Waals surface area contributed by atoms with E-state index < -0.39 is 0 Å². The molecule has 0 spiro atoms. The Bertz CT molecular complexity index is 545. The first-order valence-electron chi connectivity index (χ1n) is 5.85. The maximum atomic E-state index is 4.34.